The van der Waals surface area contributed by atoms with Gasteiger partial charge in [-0.25, -0.2) is 14.4 Å². The molecule has 0 aliphatic heterocycles. The van der Waals surface area contributed by atoms with Crippen LogP contribution in [0.2, 0.25) is 5.15 Å². The lowest BCUT2D eigenvalue weighted by atomic mass is 9.85. The zero-order valence-electron chi connectivity index (χ0n) is 17.8. The van der Waals surface area contributed by atoms with Crippen LogP contribution >= 0.6 is 11.6 Å². The van der Waals surface area contributed by atoms with Crippen LogP contribution < -0.4 is 5.32 Å². The maximum absolute atomic E-state index is 14.5. The third-order valence-corrected chi connectivity index (χ3v) is 5.77. The lowest BCUT2D eigenvalue weighted by molar-refractivity contribution is -0.248. The van der Waals surface area contributed by atoms with E-state index in [4.69, 9.17) is 17.0 Å². The fourth-order valence-electron chi connectivity index (χ4n) is 3.82. The van der Waals surface area contributed by atoms with Crippen molar-refractivity contribution in [2.75, 3.05) is 11.9 Å². The van der Waals surface area contributed by atoms with Gasteiger partial charge in [0.1, 0.15) is 17.7 Å². The van der Waals surface area contributed by atoms with Crippen LogP contribution in [0.5, 0.6) is 0 Å². The molecule has 0 aliphatic carbocycles. The van der Waals surface area contributed by atoms with Crippen molar-refractivity contribution in [3.63, 3.8) is 0 Å². The van der Waals surface area contributed by atoms with Crippen molar-refractivity contribution < 1.29 is 27.8 Å². The summed E-state index contributed by atoms with van der Waals surface area (Å²) in [6.45, 7) is -0.510. The second-order valence-electron chi connectivity index (χ2n) is 7.61. The highest BCUT2D eigenvalue weighted by molar-refractivity contribution is 6.33. The summed E-state index contributed by atoms with van der Waals surface area (Å²) in [6.07, 6.45) is -2.36. The second-order valence-corrected chi connectivity index (χ2v) is 7.97. The van der Waals surface area contributed by atoms with Crippen LogP contribution in [0.3, 0.4) is 0 Å². The Bertz CT molecular complexity index is 1390. The minimum atomic E-state index is -5.20. The molecule has 12 heteroatoms. The quantitative estimate of drug-likeness (QED) is 0.164. The van der Waals surface area contributed by atoms with Crippen molar-refractivity contribution in [3.8, 4) is 0 Å². The first-order valence-corrected chi connectivity index (χ1v) is 10.5. The Morgan fingerprint density at radius 1 is 1.11 bits per heavy atom. The van der Waals surface area contributed by atoms with E-state index in [-0.39, 0.29) is 34.0 Å². The molecule has 2 aromatic heterocycles. The van der Waals surface area contributed by atoms with Crippen LogP contribution in [0.4, 0.5) is 28.9 Å². The highest BCUT2D eigenvalue weighted by Gasteiger charge is 2.58. The van der Waals surface area contributed by atoms with E-state index in [1.165, 1.54) is 34.9 Å². The molecule has 2 heterocycles. The van der Waals surface area contributed by atoms with E-state index in [1.54, 1.807) is 0 Å². The number of nitrogens with one attached hydrogen (secondary N) is 2. The largest absolute Gasteiger partial charge is 0.425 e. The van der Waals surface area contributed by atoms with Gasteiger partial charge in [-0.15, -0.1) is 0 Å². The number of benzene rings is 2. The predicted molar refractivity (Wildman–Crippen MR) is 123 cm³/mol. The smallest absolute Gasteiger partial charge is 0.395 e. The predicted octanol–water partition coefficient (Wildman–Crippen LogP) is 4.76. The molecule has 0 radical (unpaired) electrons. The summed E-state index contributed by atoms with van der Waals surface area (Å²) < 4.78 is 58.0. The number of rotatable bonds is 7. The Morgan fingerprint density at radius 2 is 1.83 bits per heavy atom. The fraction of sp³-hybridized carbons (Fsp3) is 0.174. The molecule has 2 aromatic carbocycles. The highest BCUT2D eigenvalue weighted by Crippen LogP contribution is 2.47. The maximum atomic E-state index is 14.5. The van der Waals surface area contributed by atoms with Crippen molar-refractivity contribution in [2.45, 2.75) is 18.3 Å². The van der Waals surface area contributed by atoms with Gasteiger partial charge in [0.2, 0.25) is 5.60 Å². The van der Waals surface area contributed by atoms with Crippen LogP contribution in [0.15, 0.2) is 55.0 Å². The van der Waals surface area contributed by atoms with Crippen LogP contribution in [0.1, 0.15) is 16.7 Å². The zero-order chi connectivity index (χ0) is 25.4. The summed E-state index contributed by atoms with van der Waals surface area (Å²) in [5.41, 5.74) is -4.14. The van der Waals surface area contributed by atoms with Gasteiger partial charge < -0.3 is 25.5 Å². The number of aliphatic hydroxyl groups excluding tert-OH is 1. The van der Waals surface area contributed by atoms with Gasteiger partial charge in [0.15, 0.2) is 5.15 Å². The molecule has 0 bridgehead atoms. The van der Waals surface area contributed by atoms with Crippen LogP contribution in [-0.2, 0) is 12.1 Å². The van der Waals surface area contributed by atoms with Gasteiger partial charge in [-0.05, 0) is 42.0 Å². The Balaban J connectivity index is 1.89. The first-order chi connectivity index (χ1) is 16.6. The molecule has 182 valence electrons. The van der Waals surface area contributed by atoms with E-state index in [0.29, 0.717) is 5.69 Å². The molecule has 1 unspecified atom stereocenters. The first-order valence-electron chi connectivity index (χ1n) is 10.2. The standard InChI is InChI=1S/C23H18ClF4N5O2/c24-21-20-19(30-12-31-21)17(11-33(20)7-8-34)22(35,23(26,27)28)14-1-6-18(13(9-14)10-29)32-16-4-2-15(25)3-5-16/h1-6,9-12,29,32,34-35H,7-8H2. The van der Waals surface area contributed by atoms with E-state index in [0.717, 1.165) is 30.9 Å². The van der Waals surface area contributed by atoms with Crippen molar-refractivity contribution >= 4 is 40.2 Å². The van der Waals surface area contributed by atoms with E-state index < -0.39 is 35.3 Å². The number of anilines is 2. The number of alkyl halides is 3. The minimum absolute atomic E-state index is 0.0303. The molecule has 7 nitrogen and oxygen atoms in total. The summed E-state index contributed by atoms with van der Waals surface area (Å²) in [5, 5.41) is 31.1. The van der Waals surface area contributed by atoms with E-state index >= 15 is 0 Å². The summed E-state index contributed by atoms with van der Waals surface area (Å²) in [4.78, 5) is 7.72. The average Bonchev–Trinajstić information content (AvgIpc) is 3.20. The lowest BCUT2D eigenvalue weighted by Crippen LogP contribution is -2.43. The van der Waals surface area contributed by atoms with Gasteiger partial charge in [0.25, 0.3) is 0 Å². The minimum Gasteiger partial charge on any atom is -0.395 e. The number of hydrogen-bond acceptors (Lipinski definition) is 6. The Labute approximate surface area is 201 Å². The molecular weight excluding hydrogens is 490 g/mol. The fourth-order valence-corrected chi connectivity index (χ4v) is 4.06. The molecule has 35 heavy (non-hydrogen) atoms. The second kappa shape index (κ2) is 9.25. The lowest BCUT2D eigenvalue weighted by Gasteiger charge is -2.31. The van der Waals surface area contributed by atoms with Crippen molar-refractivity contribution in [3.05, 3.63) is 82.6 Å². The van der Waals surface area contributed by atoms with E-state index in [1.807, 2.05) is 0 Å². The van der Waals surface area contributed by atoms with Crippen LogP contribution in [0.25, 0.3) is 11.0 Å². The molecule has 4 N–H and O–H groups in total. The Morgan fingerprint density at radius 3 is 2.46 bits per heavy atom. The first kappa shape index (κ1) is 24.6. The highest BCUT2D eigenvalue weighted by atomic mass is 35.5. The number of hydrogen-bond donors (Lipinski definition) is 4. The van der Waals surface area contributed by atoms with Crippen molar-refractivity contribution in [1.29, 1.82) is 5.41 Å². The summed E-state index contributed by atoms with van der Waals surface area (Å²) >= 11 is 6.10. The third-order valence-electron chi connectivity index (χ3n) is 5.49. The maximum Gasteiger partial charge on any atom is 0.425 e. The van der Waals surface area contributed by atoms with Gasteiger partial charge in [-0.3, -0.25) is 0 Å². The molecule has 0 fully saturated rings. The van der Waals surface area contributed by atoms with E-state index in [2.05, 4.69) is 15.3 Å². The average molecular weight is 508 g/mol. The molecule has 0 saturated carbocycles. The molecule has 4 aromatic rings. The van der Waals surface area contributed by atoms with Gasteiger partial charge in [0, 0.05) is 41.5 Å². The van der Waals surface area contributed by atoms with E-state index in [9.17, 15) is 27.8 Å². The van der Waals surface area contributed by atoms with Crippen molar-refractivity contribution in [1.82, 2.24) is 14.5 Å². The van der Waals surface area contributed by atoms with Crippen molar-refractivity contribution in [2.24, 2.45) is 0 Å². The Kier molecular flexibility index (Phi) is 6.50. The molecular formula is C23H18ClF4N5O2. The third kappa shape index (κ3) is 4.33. The number of fused-ring (bicyclic) bond motifs is 1. The normalized spacial score (nSPS) is 13.6. The number of halogens is 5. The zero-order valence-corrected chi connectivity index (χ0v) is 18.6. The topological polar surface area (TPSA) is 107 Å². The summed E-state index contributed by atoms with van der Waals surface area (Å²) in [6, 6.07) is 8.67. The van der Waals surface area contributed by atoms with Crippen LogP contribution in [-0.4, -0.2) is 43.7 Å². The van der Waals surface area contributed by atoms with Crippen LogP contribution in [0, 0.1) is 11.2 Å². The molecule has 0 aliphatic rings. The molecule has 0 saturated heterocycles. The number of aromatic nitrogens is 3. The SMILES string of the molecule is N=Cc1cc(C(O)(c2cn(CCO)c3c(Cl)ncnc23)C(F)(F)F)ccc1Nc1ccc(F)cc1. The van der Waals surface area contributed by atoms with Gasteiger partial charge in [0.05, 0.1) is 12.1 Å². The molecule has 0 spiro atoms. The van der Waals surface area contributed by atoms with Gasteiger partial charge in [-0.1, -0.05) is 17.7 Å². The van der Waals surface area contributed by atoms with Gasteiger partial charge in [-0.2, -0.15) is 13.2 Å². The summed E-state index contributed by atoms with van der Waals surface area (Å²) in [7, 11) is 0. The molecule has 1 atom stereocenters. The summed E-state index contributed by atoms with van der Waals surface area (Å²) in [5.74, 6) is -0.460. The Hall–Kier alpha value is -3.54. The molecule has 4 rings (SSSR count). The monoisotopic (exact) mass is 507 g/mol. The van der Waals surface area contributed by atoms with Gasteiger partial charge >= 0.3 is 6.18 Å². The molecule has 0 amide bonds. The number of nitrogens with zero attached hydrogens (tertiary/aromatic N) is 3. The number of aliphatic hydroxyl groups is 2.